The van der Waals surface area contributed by atoms with Crippen molar-refractivity contribution in [3.63, 3.8) is 0 Å². The molecule has 0 spiro atoms. The molecule has 0 aliphatic carbocycles. The van der Waals surface area contributed by atoms with Crippen LogP contribution in [0.5, 0.6) is 0 Å². The van der Waals surface area contributed by atoms with Gasteiger partial charge in [-0.1, -0.05) is 17.7 Å². The van der Waals surface area contributed by atoms with E-state index in [1.54, 1.807) is 32.9 Å². The molecule has 2 bridgehead atoms. The Morgan fingerprint density at radius 2 is 1.80 bits per heavy atom. The first-order valence-electron chi connectivity index (χ1n) is 9.81. The van der Waals surface area contributed by atoms with E-state index in [1.165, 1.54) is 17.0 Å². The van der Waals surface area contributed by atoms with Crippen LogP contribution in [0.3, 0.4) is 0 Å². The predicted molar refractivity (Wildman–Crippen MR) is 108 cm³/mol. The van der Waals surface area contributed by atoms with Crippen LogP contribution < -0.4 is 10.3 Å². The smallest absolute Gasteiger partial charge is 0.411 e. The van der Waals surface area contributed by atoms with Crippen LogP contribution in [0.2, 0.25) is 0 Å². The van der Waals surface area contributed by atoms with Gasteiger partial charge in [0.2, 0.25) is 5.91 Å². The van der Waals surface area contributed by atoms with Gasteiger partial charge in [0.15, 0.2) is 5.78 Å². The Labute approximate surface area is 176 Å². The molecule has 2 fully saturated rings. The number of nitrogens with zero attached hydrogens (tertiary/aromatic N) is 1. The molecule has 2 aliphatic heterocycles. The fourth-order valence-corrected chi connectivity index (χ4v) is 4.71. The Hall–Kier alpha value is -2.46. The first kappa shape index (κ1) is 22.2. The third kappa shape index (κ3) is 4.65. The van der Waals surface area contributed by atoms with Crippen LogP contribution in [-0.4, -0.2) is 48.8 Å². The van der Waals surface area contributed by atoms with E-state index in [9.17, 15) is 22.8 Å². The molecular weight excluding hydrogens is 410 g/mol. The molecule has 0 radical (unpaired) electrons. The Morgan fingerprint density at radius 1 is 1.17 bits per heavy atom. The molecule has 164 valence electrons. The molecule has 0 saturated carbocycles. The second-order valence-corrected chi connectivity index (χ2v) is 10.4. The standard InChI is InChI=1S/C20H27N3O6S/c1-12-5-7-13(8-6-12)30(27,28)22-21-18(25)14-11-16-17(24)10-9-15(14)23(16)19(26)29-20(2,3)4/h5-8,14-16,22H,9-11H2,1-4H3,(H,21,25). The van der Waals surface area contributed by atoms with E-state index in [4.69, 9.17) is 4.74 Å². The number of piperidine rings is 1. The van der Waals surface area contributed by atoms with Gasteiger partial charge in [-0.2, -0.15) is 0 Å². The summed E-state index contributed by atoms with van der Waals surface area (Å²) in [5.41, 5.74) is 2.41. The summed E-state index contributed by atoms with van der Waals surface area (Å²) < 4.78 is 30.2. The summed E-state index contributed by atoms with van der Waals surface area (Å²) in [5, 5.41) is 0. The summed E-state index contributed by atoms with van der Waals surface area (Å²) in [4.78, 5) is 41.2. The number of amides is 2. The Morgan fingerprint density at radius 3 is 2.40 bits per heavy atom. The maximum atomic E-state index is 12.8. The number of nitrogens with one attached hydrogen (secondary N) is 2. The first-order valence-corrected chi connectivity index (χ1v) is 11.3. The van der Waals surface area contributed by atoms with E-state index in [0.29, 0.717) is 6.42 Å². The van der Waals surface area contributed by atoms with Gasteiger partial charge in [0.1, 0.15) is 5.60 Å². The summed E-state index contributed by atoms with van der Waals surface area (Å²) >= 11 is 0. The third-order valence-corrected chi connectivity index (χ3v) is 6.54. The van der Waals surface area contributed by atoms with Gasteiger partial charge in [-0.25, -0.2) is 13.2 Å². The normalized spacial score (nSPS) is 23.9. The van der Waals surface area contributed by atoms with Gasteiger partial charge in [0.05, 0.1) is 16.9 Å². The monoisotopic (exact) mass is 437 g/mol. The van der Waals surface area contributed by atoms with Crippen molar-refractivity contribution >= 4 is 27.8 Å². The van der Waals surface area contributed by atoms with E-state index >= 15 is 0 Å². The number of carbonyl (C=O) groups excluding carboxylic acids is 3. The lowest BCUT2D eigenvalue weighted by Gasteiger charge is -2.35. The van der Waals surface area contributed by atoms with E-state index in [0.717, 1.165) is 5.56 Å². The molecule has 1 aromatic carbocycles. The quantitative estimate of drug-likeness (QED) is 0.691. The Bertz CT molecular complexity index is 952. The zero-order valence-corrected chi connectivity index (χ0v) is 18.3. The van der Waals surface area contributed by atoms with Crippen LogP contribution >= 0.6 is 0 Å². The summed E-state index contributed by atoms with van der Waals surface area (Å²) in [6, 6.07) is 4.93. The molecular formula is C20H27N3O6S. The zero-order valence-electron chi connectivity index (χ0n) is 17.5. The molecule has 2 N–H and O–H groups in total. The maximum absolute atomic E-state index is 12.8. The average molecular weight is 438 g/mol. The van der Waals surface area contributed by atoms with Crippen LogP contribution in [0.25, 0.3) is 0 Å². The van der Waals surface area contributed by atoms with Crippen LogP contribution in [0, 0.1) is 12.8 Å². The zero-order chi connectivity index (χ0) is 22.3. The number of fused-ring (bicyclic) bond motifs is 2. The van der Waals surface area contributed by atoms with Crippen molar-refractivity contribution in [2.24, 2.45) is 5.92 Å². The molecule has 2 amide bonds. The van der Waals surface area contributed by atoms with E-state index in [1.807, 2.05) is 6.92 Å². The predicted octanol–water partition coefficient (Wildman–Crippen LogP) is 1.66. The fraction of sp³-hybridized carbons (Fsp3) is 0.550. The molecule has 1 aromatic rings. The number of carbonyl (C=O) groups is 3. The topological polar surface area (TPSA) is 122 Å². The molecule has 9 nitrogen and oxygen atoms in total. The van der Waals surface area contributed by atoms with Gasteiger partial charge in [-0.15, -0.1) is 4.83 Å². The second-order valence-electron chi connectivity index (χ2n) is 8.73. The van der Waals surface area contributed by atoms with Crippen molar-refractivity contribution in [3.05, 3.63) is 29.8 Å². The number of hydrazine groups is 1. The van der Waals surface area contributed by atoms with E-state index in [2.05, 4.69) is 10.3 Å². The minimum Gasteiger partial charge on any atom is -0.444 e. The average Bonchev–Trinajstić information content (AvgIpc) is 2.95. The minimum atomic E-state index is -3.94. The van der Waals surface area contributed by atoms with E-state index < -0.39 is 45.6 Å². The summed E-state index contributed by atoms with van der Waals surface area (Å²) in [7, 11) is -3.94. The molecule has 10 heteroatoms. The SMILES string of the molecule is Cc1ccc(S(=O)(=O)NNC(=O)C2CC3C(=O)CCC2N3C(=O)OC(C)(C)C)cc1. The minimum absolute atomic E-state index is 0.0177. The third-order valence-electron chi connectivity index (χ3n) is 5.27. The summed E-state index contributed by atoms with van der Waals surface area (Å²) in [5.74, 6) is -1.41. The number of Topliss-reactive ketones (excluding diaryl/α,β-unsaturated/α-hetero) is 1. The van der Waals surface area contributed by atoms with Gasteiger partial charge >= 0.3 is 6.09 Å². The largest absolute Gasteiger partial charge is 0.444 e. The Balaban J connectivity index is 1.71. The fourth-order valence-electron chi connectivity index (χ4n) is 3.87. The van der Waals surface area contributed by atoms with Crippen molar-refractivity contribution in [2.75, 3.05) is 0 Å². The Kier molecular flexibility index (Phi) is 5.92. The lowest BCUT2D eigenvalue weighted by molar-refractivity contribution is -0.128. The van der Waals surface area contributed by atoms with Crippen LogP contribution in [-0.2, 0) is 24.3 Å². The molecule has 2 aliphatic rings. The van der Waals surface area contributed by atoms with Crippen molar-refractivity contribution in [2.45, 2.75) is 69.5 Å². The van der Waals surface area contributed by atoms with Crippen molar-refractivity contribution in [3.8, 4) is 0 Å². The highest BCUT2D eigenvalue weighted by Gasteiger charge is 2.53. The van der Waals surface area contributed by atoms with Crippen molar-refractivity contribution in [1.82, 2.24) is 15.2 Å². The second kappa shape index (κ2) is 7.99. The van der Waals surface area contributed by atoms with Crippen LogP contribution in [0.4, 0.5) is 4.79 Å². The number of hydrogen-bond acceptors (Lipinski definition) is 6. The lowest BCUT2D eigenvalue weighted by atomic mass is 9.97. The highest BCUT2D eigenvalue weighted by Crippen LogP contribution is 2.39. The van der Waals surface area contributed by atoms with Gasteiger partial charge in [-0.3, -0.25) is 19.9 Å². The van der Waals surface area contributed by atoms with Gasteiger partial charge < -0.3 is 4.74 Å². The van der Waals surface area contributed by atoms with Gasteiger partial charge in [0.25, 0.3) is 10.0 Å². The molecule has 2 saturated heterocycles. The lowest BCUT2D eigenvalue weighted by Crippen LogP contribution is -2.52. The molecule has 2 heterocycles. The highest BCUT2D eigenvalue weighted by molar-refractivity contribution is 7.89. The molecule has 3 rings (SSSR count). The molecule has 3 atom stereocenters. The van der Waals surface area contributed by atoms with Crippen molar-refractivity contribution < 1.29 is 27.5 Å². The number of sulfonamides is 1. The number of rotatable bonds is 4. The molecule has 30 heavy (non-hydrogen) atoms. The number of ether oxygens (including phenoxy) is 1. The van der Waals surface area contributed by atoms with Crippen LogP contribution in [0.15, 0.2) is 29.2 Å². The van der Waals surface area contributed by atoms with E-state index in [-0.39, 0.29) is 23.5 Å². The van der Waals surface area contributed by atoms with Crippen molar-refractivity contribution in [1.29, 1.82) is 0 Å². The number of aryl methyl sites for hydroxylation is 1. The number of ketones is 1. The summed E-state index contributed by atoms with van der Waals surface area (Å²) in [6.07, 6.45) is 0.104. The molecule has 0 aromatic heterocycles. The first-order chi connectivity index (χ1) is 13.9. The van der Waals surface area contributed by atoms with Gasteiger partial charge in [0, 0.05) is 12.5 Å². The maximum Gasteiger partial charge on any atom is 0.411 e. The van der Waals surface area contributed by atoms with Gasteiger partial charge in [-0.05, 0) is 52.7 Å². The number of hydrogen-bond donors (Lipinski definition) is 2. The summed E-state index contributed by atoms with van der Waals surface area (Å²) in [6.45, 7) is 7.01. The number of benzene rings is 1. The van der Waals surface area contributed by atoms with Crippen LogP contribution in [0.1, 0.15) is 45.6 Å². The highest BCUT2D eigenvalue weighted by atomic mass is 32.2. The molecule has 3 unspecified atom stereocenters.